The van der Waals surface area contributed by atoms with E-state index in [-0.39, 0.29) is 22.9 Å². The smallest absolute Gasteiger partial charge is 0.282 e. The van der Waals surface area contributed by atoms with Crippen molar-refractivity contribution in [2.24, 2.45) is 0 Å². The van der Waals surface area contributed by atoms with E-state index in [9.17, 15) is 18.8 Å². The molecule has 0 saturated carbocycles. The molecule has 2 N–H and O–H groups in total. The van der Waals surface area contributed by atoms with Gasteiger partial charge in [0, 0.05) is 18.3 Å². The van der Waals surface area contributed by atoms with Gasteiger partial charge in [-0.2, -0.15) is 0 Å². The minimum absolute atomic E-state index is 0.118. The van der Waals surface area contributed by atoms with Gasteiger partial charge in [0.15, 0.2) is 0 Å². The molecule has 0 saturated heterocycles. The Morgan fingerprint density at radius 1 is 0.806 bits per heavy atom. The Labute approximate surface area is 178 Å². The van der Waals surface area contributed by atoms with Crippen LogP contribution in [0.25, 0.3) is 5.57 Å². The number of hydrogen-bond acceptors (Lipinski definition) is 4. The number of hydrogen-bond donors (Lipinski definition) is 2. The molecule has 1 aliphatic heterocycles. The number of nitrogens with zero attached hydrogens (tertiary/aromatic N) is 1. The molecule has 0 fully saturated rings. The molecule has 3 amide bonds. The third kappa shape index (κ3) is 4.06. The van der Waals surface area contributed by atoms with Gasteiger partial charge in [-0.15, -0.1) is 0 Å². The lowest BCUT2D eigenvalue weighted by Gasteiger charge is -2.15. The van der Waals surface area contributed by atoms with Crippen molar-refractivity contribution < 1.29 is 18.8 Å². The predicted octanol–water partition coefficient (Wildman–Crippen LogP) is 4.18. The second-order valence-corrected chi connectivity index (χ2v) is 6.92. The van der Waals surface area contributed by atoms with Crippen molar-refractivity contribution in [3.63, 3.8) is 0 Å². The quantitative estimate of drug-likeness (QED) is 0.613. The number of anilines is 3. The molecule has 3 aromatic rings. The highest BCUT2D eigenvalue weighted by Gasteiger charge is 2.40. The molecule has 0 unspecified atom stereocenters. The minimum atomic E-state index is -0.540. The standard InChI is InChI=1S/C24H18FN3O3/c1-15(29)26-18-9-11-19(12-10-18)27-22-21(16-5-3-2-4-6-16)23(30)28(24(22)31)20-13-7-17(25)8-14-20/h2-14,27H,1H3,(H,26,29). The molecule has 31 heavy (non-hydrogen) atoms. The van der Waals surface area contributed by atoms with Crippen molar-refractivity contribution in [3.8, 4) is 0 Å². The zero-order chi connectivity index (χ0) is 22.0. The van der Waals surface area contributed by atoms with Crippen LogP contribution in [0.1, 0.15) is 12.5 Å². The van der Waals surface area contributed by atoms with E-state index in [0.717, 1.165) is 4.90 Å². The summed E-state index contributed by atoms with van der Waals surface area (Å²) >= 11 is 0. The number of rotatable bonds is 5. The zero-order valence-corrected chi connectivity index (χ0v) is 16.6. The summed E-state index contributed by atoms with van der Waals surface area (Å²) in [7, 11) is 0. The van der Waals surface area contributed by atoms with Crippen molar-refractivity contribution in [2.75, 3.05) is 15.5 Å². The van der Waals surface area contributed by atoms with Crippen LogP contribution in [-0.4, -0.2) is 17.7 Å². The molecule has 6 nitrogen and oxygen atoms in total. The number of imide groups is 1. The van der Waals surface area contributed by atoms with E-state index in [0.29, 0.717) is 16.9 Å². The first-order valence-electron chi connectivity index (χ1n) is 9.53. The lowest BCUT2D eigenvalue weighted by molar-refractivity contribution is -0.120. The van der Waals surface area contributed by atoms with Crippen LogP contribution in [0, 0.1) is 5.82 Å². The summed E-state index contributed by atoms with van der Waals surface area (Å²) in [6.45, 7) is 1.41. The number of amides is 3. The number of halogens is 1. The summed E-state index contributed by atoms with van der Waals surface area (Å²) in [5, 5.41) is 5.71. The lowest BCUT2D eigenvalue weighted by atomic mass is 10.0. The topological polar surface area (TPSA) is 78.5 Å². The van der Waals surface area contributed by atoms with Gasteiger partial charge in [-0.25, -0.2) is 9.29 Å². The van der Waals surface area contributed by atoms with Crippen molar-refractivity contribution in [1.82, 2.24) is 0 Å². The Morgan fingerprint density at radius 3 is 2.03 bits per heavy atom. The maximum atomic E-state index is 13.3. The van der Waals surface area contributed by atoms with E-state index in [2.05, 4.69) is 10.6 Å². The summed E-state index contributed by atoms with van der Waals surface area (Å²) in [4.78, 5) is 38.7. The summed E-state index contributed by atoms with van der Waals surface area (Å²) in [5.41, 5.74) is 2.39. The van der Waals surface area contributed by atoms with E-state index in [4.69, 9.17) is 0 Å². The molecule has 4 rings (SSSR count). The van der Waals surface area contributed by atoms with Crippen molar-refractivity contribution in [3.05, 3.63) is 95.9 Å². The van der Waals surface area contributed by atoms with E-state index >= 15 is 0 Å². The fraction of sp³-hybridized carbons (Fsp3) is 0.0417. The zero-order valence-electron chi connectivity index (χ0n) is 16.6. The average Bonchev–Trinajstić information content (AvgIpc) is 3.00. The van der Waals surface area contributed by atoms with Crippen LogP contribution < -0.4 is 15.5 Å². The molecule has 0 bridgehead atoms. The Bertz CT molecular complexity index is 1190. The van der Waals surface area contributed by atoms with Crippen molar-refractivity contribution >= 4 is 40.4 Å². The fourth-order valence-electron chi connectivity index (χ4n) is 3.33. The molecule has 7 heteroatoms. The number of nitrogens with one attached hydrogen (secondary N) is 2. The molecule has 0 aliphatic carbocycles. The monoisotopic (exact) mass is 415 g/mol. The Kier molecular flexibility index (Phi) is 5.32. The van der Waals surface area contributed by atoms with E-state index in [1.807, 2.05) is 6.07 Å². The van der Waals surface area contributed by atoms with Crippen LogP contribution in [0.3, 0.4) is 0 Å². The molecule has 1 heterocycles. The third-order valence-electron chi connectivity index (χ3n) is 4.71. The summed E-state index contributed by atoms with van der Waals surface area (Å²) in [6.07, 6.45) is 0. The van der Waals surface area contributed by atoms with Gasteiger partial charge in [0.1, 0.15) is 11.5 Å². The van der Waals surface area contributed by atoms with Gasteiger partial charge in [-0.3, -0.25) is 14.4 Å². The highest BCUT2D eigenvalue weighted by atomic mass is 19.1. The summed E-state index contributed by atoms with van der Waals surface area (Å²) in [6, 6.07) is 20.8. The van der Waals surface area contributed by atoms with Gasteiger partial charge in [0.25, 0.3) is 11.8 Å². The molecular weight excluding hydrogens is 397 g/mol. The second kappa shape index (κ2) is 8.23. The van der Waals surface area contributed by atoms with E-state index < -0.39 is 17.6 Å². The number of carbonyl (C=O) groups is 3. The molecule has 0 atom stereocenters. The fourth-order valence-corrected chi connectivity index (χ4v) is 3.33. The Morgan fingerprint density at radius 2 is 1.42 bits per heavy atom. The first kappa shape index (κ1) is 20.0. The first-order chi connectivity index (χ1) is 14.9. The van der Waals surface area contributed by atoms with Crippen molar-refractivity contribution in [2.45, 2.75) is 6.92 Å². The van der Waals surface area contributed by atoms with Crippen LogP contribution in [-0.2, 0) is 14.4 Å². The summed E-state index contributed by atoms with van der Waals surface area (Å²) in [5.74, 6) is -1.69. The van der Waals surface area contributed by atoms with Gasteiger partial charge >= 0.3 is 0 Å². The molecular formula is C24H18FN3O3. The van der Waals surface area contributed by atoms with Gasteiger partial charge in [0.05, 0.1) is 11.3 Å². The third-order valence-corrected chi connectivity index (χ3v) is 4.71. The molecule has 0 aromatic heterocycles. The van der Waals surface area contributed by atoms with Crippen LogP contribution in [0.5, 0.6) is 0 Å². The van der Waals surface area contributed by atoms with Crippen LogP contribution in [0.4, 0.5) is 21.5 Å². The molecule has 1 aliphatic rings. The van der Waals surface area contributed by atoms with Gasteiger partial charge in [-0.1, -0.05) is 30.3 Å². The normalized spacial score (nSPS) is 13.5. The molecule has 0 radical (unpaired) electrons. The molecule has 0 spiro atoms. The first-order valence-corrected chi connectivity index (χ1v) is 9.53. The number of carbonyl (C=O) groups excluding carboxylic acids is 3. The highest BCUT2D eigenvalue weighted by Crippen LogP contribution is 2.33. The van der Waals surface area contributed by atoms with Crippen molar-refractivity contribution in [1.29, 1.82) is 0 Å². The highest BCUT2D eigenvalue weighted by molar-refractivity contribution is 6.46. The van der Waals surface area contributed by atoms with Crippen LogP contribution in [0.2, 0.25) is 0 Å². The maximum absolute atomic E-state index is 13.3. The predicted molar refractivity (Wildman–Crippen MR) is 117 cm³/mol. The van der Waals surface area contributed by atoms with Gasteiger partial charge < -0.3 is 10.6 Å². The van der Waals surface area contributed by atoms with E-state index in [1.54, 1.807) is 48.5 Å². The number of benzene rings is 3. The van der Waals surface area contributed by atoms with Crippen LogP contribution in [0.15, 0.2) is 84.6 Å². The van der Waals surface area contributed by atoms with Gasteiger partial charge in [0.2, 0.25) is 5.91 Å². The largest absolute Gasteiger partial charge is 0.350 e. The Hall–Kier alpha value is -4.26. The van der Waals surface area contributed by atoms with Crippen LogP contribution >= 0.6 is 0 Å². The molecule has 154 valence electrons. The molecule has 3 aromatic carbocycles. The van der Waals surface area contributed by atoms with Gasteiger partial charge in [-0.05, 0) is 54.1 Å². The maximum Gasteiger partial charge on any atom is 0.282 e. The average molecular weight is 415 g/mol. The second-order valence-electron chi connectivity index (χ2n) is 6.92. The lowest BCUT2D eigenvalue weighted by Crippen LogP contribution is -2.32. The Balaban J connectivity index is 1.73. The SMILES string of the molecule is CC(=O)Nc1ccc(NC2=C(c3ccccc3)C(=O)N(c3ccc(F)cc3)C2=O)cc1. The minimum Gasteiger partial charge on any atom is -0.350 e. The van der Waals surface area contributed by atoms with E-state index in [1.165, 1.54) is 31.2 Å². The summed E-state index contributed by atoms with van der Waals surface area (Å²) < 4.78 is 13.3.